The minimum atomic E-state index is -0.636. The Balaban J connectivity index is 1.19. The van der Waals surface area contributed by atoms with Crippen LogP contribution in [0.3, 0.4) is 0 Å². The number of morpholine rings is 1. The van der Waals surface area contributed by atoms with E-state index in [1.54, 1.807) is 12.3 Å². The Kier molecular flexibility index (Phi) is 6.39. The number of anilines is 1. The molecule has 0 radical (unpaired) electrons. The Morgan fingerprint density at radius 3 is 2.52 bits per heavy atom. The van der Waals surface area contributed by atoms with Crippen molar-refractivity contribution in [3.63, 3.8) is 0 Å². The summed E-state index contributed by atoms with van der Waals surface area (Å²) in [6.07, 6.45) is 2.91. The van der Waals surface area contributed by atoms with Crippen molar-refractivity contribution in [2.24, 2.45) is 0 Å². The molecule has 0 bridgehead atoms. The quantitative estimate of drug-likeness (QED) is 0.641. The summed E-state index contributed by atoms with van der Waals surface area (Å²) in [6, 6.07) is 12.4. The van der Waals surface area contributed by atoms with E-state index in [0.29, 0.717) is 31.4 Å². The molecule has 1 atom stereocenters. The lowest BCUT2D eigenvalue weighted by Gasteiger charge is -2.27. The molecule has 1 aliphatic heterocycles. The summed E-state index contributed by atoms with van der Waals surface area (Å²) >= 11 is 0. The zero-order chi connectivity index (χ0) is 20.1. The van der Waals surface area contributed by atoms with Gasteiger partial charge in [-0.2, -0.15) is 0 Å². The zero-order valence-electron chi connectivity index (χ0n) is 16.5. The number of hydrogen-bond acceptors (Lipinski definition) is 6. The first kappa shape index (κ1) is 19.8. The van der Waals surface area contributed by atoms with Gasteiger partial charge in [0.25, 0.3) is 5.91 Å². The van der Waals surface area contributed by atoms with Crippen molar-refractivity contribution in [2.75, 3.05) is 44.3 Å². The molecule has 1 amide bonds. The third-order valence-corrected chi connectivity index (χ3v) is 5.54. The number of hydrogen-bond donors (Lipinski definition) is 3. The summed E-state index contributed by atoms with van der Waals surface area (Å²) in [4.78, 5) is 18.9. The van der Waals surface area contributed by atoms with Gasteiger partial charge >= 0.3 is 0 Å². The van der Waals surface area contributed by atoms with Crippen LogP contribution in [0.5, 0.6) is 0 Å². The van der Waals surface area contributed by atoms with Crippen LogP contribution < -0.4 is 15.5 Å². The van der Waals surface area contributed by atoms with Crippen molar-refractivity contribution in [1.29, 1.82) is 0 Å². The molecule has 0 unspecified atom stereocenters. The lowest BCUT2D eigenvalue weighted by molar-refractivity contribution is 0.0913. The smallest absolute Gasteiger partial charge is 0.252 e. The third-order valence-electron chi connectivity index (χ3n) is 5.54. The van der Waals surface area contributed by atoms with Gasteiger partial charge in [-0.3, -0.25) is 4.79 Å². The molecule has 0 saturated carbocycles. The first-order valence-corrected chi connectivity index (χ1v) is 10.2. The Hall–Kier alpha value is -2.48. The predicted molar refractivity (Wildman–Crippen MR) is 111 cm³/mol. The van der Waals surface area contributed by atoms with Gasteiger partial charge in [-0.15, -0.1) is 0 Å². The van der Waals surface area contributed by atoms with Crippen LogP contribution in [-0.2, 0) is 17.6 Å². The number of pyridine rings is 1. The highest BCUT2D eigenvalue weighted by molar-refractivity contribution is 5.94. The molecule has 2 aromatic rings. The maximum Gasteiger partial charge on any atom is 0.252 e. The molecule has 7 nitrogen and oxygen atoms in total. The largest absolute Gasteiger partial charge is 0.390 e. The van der Waals surface area contributed by atoms with Crippen molar-refractivity contribution < 1.29 is 14.6 Å². The van der Waals surface area contributed by atoms with Gasteiger partial charge < -0.3 is 25.4 Å². The second-order valence-electron chi connectivity index (χ2n) is 7.65. The Morgan fingerprint density at radius 1 is 1.14 bits per heavy atom. The van der Waals surface area contributed by atoms with Crippen LogP contribution in [0.15, 0.2) is 42.6 Å². The van der Waals surface area contributed by atoms with E-state index in [-0.39, 0.29) is 12.5 Å². The number of fused-ring (bicyclic) bond motifs is 1. The Labute approximate surface area is 171 Å². The number of benzene rings is 1. The predicted octanol–water partition coefficient (Wildman–Crippen LogP) is 0.766. The van der Waals surface area contributed by atoms with E-state index in [2.05, 4.69) is 44.8 Å². The number of aliphatic hydroxyl groups excluding tert-OH is 1. The summed E-state index contributed by atoms with van der Waals surface area (Å²) in [5, 5.41) is 16.4. The minimum Gasteiger partial charge on any atom is -0.390 e. The standard InChI is InChI=1S/C22H28N4O3/c27-20(14-23-19-11-16-3-1-2-4-17(16)12-19)15-25-22(28)18-5-6-21(24-13-18)26-7-9-29-10-8-26/h1-6,13,19-20,23,27H,7-12,14-15H2,(H,25,28)/t20-/m0/s1. The number of amides is 1. The van der Waals surface area contributed by atoms with E-state index in [0.717, 1.165) is 31.7 Å². The molecular formula is C22H28N4O3. The molecule has 1 aromatic carbocycles. The van der Waals surface area contributed by atoms with Crippen LogP contribution in [0.1, 0.15) is 21.5 Å². The number of nitrogens with one attached hydrogen (secondary N) is 2. The van der Waals surface area contributed by atoms with Gasteiger partial charge in [0, 0.05) is 38.4 Å². The molecule has 1 aliphatic carbocycles. The van der Waals surface area contributed by atoms with E-state index in [9.17, 15) is 9.90 Å². The molecule has 7 heteroatoms. The number of aromatic nitrogens is 1. The summed E-state index contributed by atoms with van der Waals surface area (Å²) in [7, 11) is 0. The molecule has 1 saturated heterocycles. The van der Waals surface area contributed by atoms with Crippen molar-refractivity contribution >= 4 is 11.7 Å². The van der Waals surface area contributed by atoms with Gasteiger partial charge in [-0.05, 0) is 36.1 Å². The van der Waals surface area contributed by atoms with Crippen LogP contribution in [0.4, 0.5) is 5.82 Å². The van der Waals surface area contributed by atoms with E-state index in [1.807, 2.05) is 6.07 Å². The molecule has 154 valence electrons. The first-order valence-electron chi connectivity index (χ1n) is 10.2. The number of carbonyl (C=O) groups excluding carboxylic acids is 1. The second kappa shape index (κ2) is 9.35. The highest BCUT2D eigenvalue weighted by Gasteiger charge is 2.21. The monoisotopic (exact) mass is 396 g/mol. The lowest BCUT2D eigenvalue weighted by Crippen LogP contribution is -2.41. The van der Waals surface area contributed by atoms with Crippen molar-refractivity contribution in [3.8, 4) is 0 Å². The molecule has 3 N–H and O–H groups in total. The van der Waals surface area contributed by atoms with Gasteiger partial charge in [0.15, 0.2) is 0 Å². The highest BCUT2D eigenvalue weighted by atomic mass is 16.5. The summed E-state index contributed by atoms with van der Waals surface area (Å²) in [5.74, 6) is 0.630. The van der Waals surface area contributed by atoms with Crippen molar-refractivity contribution in [3.05, 3.63) is 59.3 Å². The van der Waals surface area contributed by atoms with Crippen LogP contribution in [0.2, 0.25) is 0 Å². The minimum absolute atomic E-state index is 0.205. The molecule has 1 fully saturated rings. The number of ether oxygens (including phenoxy) is 1. The van der Waals surface area contributed by atoms with Crippen LogP contribution in [0, 0.1) is 0 Å². The molecule has 1 aromatic heterocycles. The Morgan fingerprint density at radius 2 is 1.86 bits per heavy atom. The van der Waals surface area contributed by atoms with Crippen LogP contribution in [-0.4, -0.2) is 67.5 Å². The van der Waals surface area contributed by atoms with Gasteiger partial charge in [0.2, 0.25) is 0 Å². The molecule has 4 rings (SSSR count). The summed E-state index contributed by atoms with van der Waals surface area (Å²) < 4.78 is 5.34. The molecular weight excluding hydrogens is 368 g/mol. The topological polar surface area (TPSA) is 86.7 Å². The fourth-order valence-electron chi connectivity index (χ4n) is 3.89. The maximum absolute atomic E-state index is 12.3. The van der Waals surface area contributed by atoms with Gasteiger partial charge in [0.05, 0.1) is 24.9 Å². The van der Waals surface area contributed by atoms with E-state index < -0.39 is 6.10 Å². The number of carbonyl (C=O) groups is 1. The molecule has 2 aliphatic rings. The number of aliphatic hydroxyl groups is 1. The number of rotatable bonds is 7. The van der Waals surface area contributed by atoms with Gasteiger partial charge in [-0.25, -0.2) is 4.98 Å². The van der Waals surface area contributed by atoms with Crippen LogP contribution in [0.25, 0.3) is 0 Å². The average molecular weight is 396 g/mol. The van der Waals surface area contributed by atoms with E-state index in [1.165, 1.54) is 11.1 Å². The fraction of sp³-hybridized carbons (Fsp3) is 0.455. The normalized spacial score (nSPS) is 17.8. The van der Waals surface area contributed by atoms with E-state index >= 15 is 0 Å². The average Bonchev–Trinajstić information content (AvgIpc) is 3.20. The maximum atomic E-state index is 12.3. The van der Waals surface area contributed by atoms with E-state index in [4.69, 9.17) is 4.74 Å². The fourth-order valence-corrected chi connectivity index (χ4v) is 3.89. The van der Waals surface area contributed by atoms with Gasteiger partial charge in [-0.1, -0.05) is 24.3 Å². The Bertz CT molecular complexity index is 796. The zero-order valence-corrected chi connectivity index (χ0v) is 16.5. The van der Waals surface area contributed by atoms with Crippen LogP contribution >= 0.6 is 0 Å². The van der Waals surface area contributed by atoms with Crippen molar-refractivity contribution in [2.45, 2.75) is 25.0 Å². The summed E-state index contributed by atoms with van der Waals surface area (Å²) in [6.45, 7) is 3.67. The third kappa shape index (κ3) is 5.12. The van der Waals surface area contributed by atoms with Crippen molar-refractivity contribution in [1.82, 2.24) is 15.6 Å². The first-order chi connectivity index (χ1) is 14.2. The second-order valence-corrected chi connectivity index (χ2v) is 7.65. The lowest BCUT2D eigenvalue weighted by atomic mass is 10.1. The molecule has 2 heterocycles. The molecule has 29 heavy (non-hydrogen) atoms. The molecule has 0 spiro atoms. The SMILES string of the molecule is O=C(NC[C@@H](O)CNC1Cc2ccccc2C1)c1ccc(N2CCOCC2)nc1. The van der Waals surface area contributed by atoms with Gasteiger partial charge in [0.1, 0.15) is 5.82 Å². The number of nitrogens with zero attached hydrogens (tertiary/aromatic N) is 2. The highest BCUT2D eigenvalue weighted by Crippen LogP contribution is 2.21. The summed E-state index contributed by atoms with van der Waals surface area (Å²) in [5.41, 5.74) is 3.25.